The van der Waals surface area contributed by atoms with Gasteiger partial charge in [-0.1, -0.05) is 0 Å². The number of furan rings is 1. The number of aryl methyl sites for hydroxylation is 2. The maximum Gasteiger partial charge on any atom is 0.105 e. The van der Waals surface area contributed by atoms with Crippen LogP contribution < -0.4 is 10.6 Å². The first-order valence-corrected chi connectivity index (χ1v) is 6.12. The fourth-order valence-corrected chi connectivity index (χ4v) is 1.79. The SMILES string of the molecule is COCCNCCNCc1c(C)oc(C)c1C. The predicted molar refractivity (Wildman–Crippen MR) is 69.4 cm³/mol. The highest BCUT2D eigenvalue weighted by Crippen LogP contribution is 2.19. The maximum absolute atomic E-state index is 5.58. The van der Waals surface area contributed by atoms with E-state index in [1.165, 1.54) is 11.1 Å². The van der Waals surface area contributed by atoms with Gasteiger partial charge in [-0.3, -0.25) is 0 Å². The fourth-order valence-electron chi connectivity index (χ4n) is 1.79. The van der Waals surface area contributed by atoms with Crippen LogP contribution in [-0.4, -0.2) is 33.4 Å². The standard InChI is InChI=1S/C13H24N2O2/c1-10-11(2)17-12(3)13(10)9-15-6-5-14-7-8-16-4/h14-15H,5-9H2,1-4H3. The zero-order chi connectivity index (χ0) is 12.7. The summed E-state index contributed by atoms with van der Waals surface area (Å²) in [5.41, 5.74) is 2.56. The van der Waals surface area contributed by atoms with Gasteiger partial charge in [0.15, 0.2) is 0 Å². The molecule has 0 radical (unpaired) electrons. The van der Waals surface area contributed by atoms with Gasteiger partial charge in [-0.05, 0) is 26.3 Å². The van der Waals surface area contributed by atoms with Crippen LogP contribution in [0.3, 0.4) is 0 Å². The molecule has 17 heavy (non-hydrogen) atoms. The Labute approximate surface area is 104 Å². The molecule has 4 nitrogen and oxygen atoms in total. The summed E-state index contributed by atoms with van der Waals surface area (Å²) < 4.78 is 10.5. The fraction of sp³-hybridized carbons (Fsp3) is 0.692. The van der Waals surface area contributed by atoms with Crippen molar-refractivity contribution in [1.29, 1.82) is 0 Å². The van der Waals surface area contributed by atoms with Crippen molar-refractivity contribution in [3.63, 3.8) is 0 Å². The Morgan fingerprint density at radius 1 is 1.00 bits per heavy atom. The van der Waals surface area contributed by atoms with Crippen molar-refractivity contribution in [2.24, 2.45) is 0 Å². The van der Waals surface area contributed by atoms with Gasteiger partial charge in [0.1, 0.15) is 11.5 Å². The number of hydrogen-bond acceptors (Lipinski definition) is 4. The van der Waals surface area contributed by atoms with Crippen molar-refractivity contribution in [3.8, 4) is 0 Å². The van der Waals surface area contributed by atoms with Crippen LogP contribution in [-0.2, 0) is 11.3 Å². The molecular formula is C13H24N2O2. The molecular weight excluding hydrogens is 216 g/mol. The highest BCUT2D eigenvalue weighted by molar-refractivity contribution is 5.31. The molecule has 0 aliphatic rings. The molecule has 1 heterocycles. The van der Waals surface area contributed by atoms with Crippen LogP contribution >= 0.6 is 0 Å². The van der Waals surface area contributed by atoms with Gasteiger partial charge in [-0.25, -0.2) is 0 Å². The molecule has 0 aliphatic heterocycles. The molecule has 1 aromatic heterocycles. The summed E-state index contributed by atoms with van der Waals surface area (Å²) in [6, 6.07) is 0. The monoisotopic (exact) mass is 240 g/mol. The Morgan fingerprint density at radius 2 is 1.71 bits per heavy atom. The number of hydrogen-bond donors (Lipinski definition) is 2. The lowest BCUT2D eigenvalue weighted by molar-refractivity contribution is 0.199. The summed E-state index contributed by atoms with van der Waals surface area (Å²) in [5, 5.41) is 6.71. The van der Waals surface area contributed by atoms with E-state index < -0.39 is 0 Å². The lowest BCUT2D eigenvalue weighted by Gasteiger charge is -2.06. The molecule has 0 aromatic carbocycles. The average Bonchev–Trinajstić information content (AvgIpc) is 2.54. The van der Waals surface area contributed by atoms with Gasteiger partial charge < -0.3 is 19.8 Å². The molecule has 0 saturated heterocycles. The lowest BCUT2D eigenvalue weighted by Crippen LogP contribution is -2.29. The molecule has 0 aliphatic carbocycles. The van der Waals surface area contributed by atoms with E-state index in [0.717, 1.165) is 44.3 Å². The van der Waals surface area contributed by atoms with E-state index in [0.29, 0.717) is 0 Å². The normalized spacial score (nSPS) is 11.1. The number of ether oxygens (including phenoxy) is 1. The summed E-state index contributed by atoms with van der Waals surface area (Å²) in [6.07, 6.45) is 0. The second-order valence-corrected chi connectivity index (χ2v) is 4.24. The van der Waals surface area contributed by atoms with Crippen LogP contribution in [0.4, 0.5) is 0 Å². The van der Waals surface area contributed by atoms with E-state index in [1.54, 1.807) is 7.11 Å². The van der Waals surface area contributed by atoms with E-state index in [-0.39, 0.29) is 0 Å². The molecule has 0 spiro atoms. The van der Waals surface area contributed by atoms with Crippen LogP contribution in [0, 0.1) is 20.8 Å². The molecule has 0 bridgehead atoms. The van der Waals surface area contributed by atoms with Gasteiger partial charge in [-0.15, -0.1) is 0 Å². The third-order valence-corrected chi connectivity index (χ3v) is 2.98. The van der Waals surface area contributed by atoms with Gasteiger partial charge in [0.2, 0.25) is 0 Å². The zero-order valence-corrected chi connectivity index (χ0v) is 11.4. The molecule has 1 aromatic rings. The Kier molecular flexibility index (Phi) is 6.26. The van der Waals surface area contributed by atoms with E-state index in [9.17, 15) is 0 Å². The summed E-state index contributed by atoms with van der Waals surface area (Å²) in [4.78, 5) is 0. The summed E-state index contributed by atoms with van der Waals surface area (Å²) in [6.45, 7) is 10.6. The van der Waals surface area contributed by atoms with Crippen LogP contribution in [0.25, 0.3) is 0 Å². The second kappa shape index (κ2) is 7.48. The quantitative estimate of drug-likeness (QED) is 0.677. The van der Waals surface area contributed by atoms with E-state index in [4.69, 9.17) is 9.15 Å². The first-order chi connectivity index (χ1) is 8.16. The van der Waals surface area contributed by atoms with Gasteiger partial charge >= 0.3 is 0 Å². The van der Waals surface area contributed by atoms with Crippen molar-refractivity contribution in [3.05, 3.63) is 22.6 Å². The summed E-state index contributed by atoms with van der Waals surface area (Å²) in [7, 11) is 1.71. The first-order valence-electron chi connectivity index (χ1n) is 6.12. The molecule has 0 amide bonds. The molecule has 0 atom stereocenters. The number of methoxy groups -OCH3 is 1. The lowest BCUT2D eigenvalue weighted by atomic mass is 10.1. The highest BCUT2D eigenvalue weighted by atomic mass is 16.5. The van der Waals surface area contributed by atoms with Crippen molar-refractivity contribution in [2.45, 2.75) is 27.3 Å². The van der Waals surface area contributed by atoms with E-state index >= 15 is 0 Å². The van der Waals surface area contributed by atoms with Crippen LogP contribution in [0.5, 0.6) is 0 Å². The van der Waals surface area contributed by atoms with Crippen molar-refractivity contribution >= 4 is 0 Å². The van der Waals surface area contributed by atoms with E-state index in [1.807, 2.05) is 13.8 Å². The maximum atomic E-state index is 5.58. The van der Waals surface area contributed by atoms with Gasteiger partial charge in [0.25, 0.3) is 0 Å². The molecule has 0 fully saturated rings. The molecule has 4 heteroatoms. The minimum atomic E-state index is 0.763. The van der Waals surface area contributed by atoms with Crippen LogP contribution in [0.1, 0.15) is 22.6 Å². The van der Waals surface area contributed by atoms with Crippen molar-refractivity contribution < 1.29 is 9.15 Å². The summed E-state index contributed by atoms with van der Waals surface area (Å²) >= 11 is 0. The smallest absolute Gasteiger partial charge is 0.105 e. The Morgan fingerprint density at radius 3 is 2.29 bits per heavy atom. The Bertz CT molecular complexity index is 334. The van der Waals surface area contributed by atoms with Gasteiger partial charge in [-0.2, -0.15) is 0 Å². The molecule has 0 unspecified atom stereocenters. The van der Waals surface area contributed by atoms with Gasteiger partial charge in [0, 0.05) is 38.9 Å². The summed E-state index contributed by atoms with van der Waals surface area (Å²) in [5.74, 6) is 2.05. The number of rotatable bonds is 8. The largest absolute Gasteiger partial charge is 0.466 e. The predicted octanol–water partition coefficient (Wildman–Crippen LogP) is 1.53. The highest BCUT2D eigenvalue weighted by Gasteiger charge is 2.09. The van der Waals surface area contributed by atoms with Crippen molar-refractivity contribution in [1.82, 2.24) is 10.6 Å². The second-order valence-electron chi connectivity index (χ2n) is 4.24. The third-order valence-electron chi connectivity index (χ3n) is 2.98. The first kappa shape index (κ1) is 14.2. The molecule has 98 valence electrons. The van der Waals surface area contributed by atoms with Crippen LogP contribution in [0.15, 0.2) is 4.42 Å². The average molecular weight is 240 g/mol. The Hall–Kier alpha value is -0.840. The minimum absolute atomic E-state index is 0.763. The molecule has 0 saturated carbocycles. The topological polar surface area (TPSA) is 46.4 Å². The van der Waals surface area contributed by atoms with Crippen molar-refractivity contribution in [2.75, 3.05) is 33.4 Å². The zero-order valence-electron chi connectivity index (χ0n) is 11.4. The van der Waals surface area contributed by atoms with Gasteiger partial charge in [0.05, 0.1) is 6.61 Å². The third kappa shape index (κ3) is 4.50. The Balaban J connectivity index is 2.18. The molecule has 2 N–H and O–H groups in total. The minimum Gasteiger partial charge on any atom is -0.466 e. The van der Waals surface area contributed by atoms with Crippen LogP contribution in [0.2, 0.25) is 0 Å². The number of nitrogens with one attached hydrogen (secondary N) is 2. The van der Waals surface area contributed by atoms with E-state index in [2.05, 4.69) is 17.6 Å². The molecule has 1 rings (SSSR count).